The molecule has 1 saturated carbocycles. The molecule has 1 unspecified atom stereocenters. The predicted molar refractivity (Wildman–Crippen MR) is 73.9 cm³/mol. The highest BCUT2D eigenvalue weighted by Gasteiger charge is 2.45. The minimum Gasteiger partial charge on any atom is -0.481 e. The van der Waals surface area contributed by atoms with Gasteiger partial charge in [0.15, 0.2) is 0 Å². The lowest BCUT2D eigenvalue weighted by atomic mass is 9.92. The molecule has 0 bridgehead atoms. The molecule has 0 aromatic heterocycles. The molecule has 0 aromatic rings. The third kappa shape index (κ3) is 5.09. The summed E-state index contributed by atoms with van der Waals surface area (Å²) in [5, 5.41) is 14.4. The van der Waals surface area contributed by atoms with Gasteiger partial charge in [-0.05, 0) is 30.1 Å². The molecule has 0 heterocycles. The van der Waals surface area contributed by atoms with Crippen molar-refractivity contribution in [1.82, 2.24) is 10.6 Å². The number of carbonyl (C=O) groups excluding carboxylic acids is 1. The van der Waals surface area contributed by atoms with Crippen molar-refractivity contribution in [3.8, 4) is 0 Å². The molecular weight excluding hydrogens is 244 g/mol. The van der Waals surface area contributed by atoms with Gasteiger partial charge in [0, 0.05) is 19.5 Å². The van der Waals surface area contributed by atoms with E-state index in [0.717, 1.165) is 6.42 Å². The summed E-state index contributed by atoms with van der Waals surface area (Å²) in [5.41, 5.74) is 0.294. The van der Waals surface area contributed by atoms with Crippen LogP contribution in [-0.2, 0) is 4.79 Å². The number of hydrogen-bond donors (Lipinski definition) is 3. The summed E-state index contributed by atoms with van der Waals surface area (Å²) in [7, 11) is 0. The molecule has 19 heavy (non-hydrogen) atoms. The van der Waals surface area contributed by atoms with Crippen molar-refractivity contribution in [3.05, 3.63) is 0 Å². The number of carboxylic acids is 1. The predicted octanol–water partition coefficient (Wildman–Crippen LogP) is 2.22. The standard InChI is InChI=1S/C14H26N2O3/c1-4-11(7-12(17)18)8-15-13(19)16-9-14(5-6-14)10(2)3/h10-11H,4-9H2,1-3H3,(H,17,18)(H2,15,16,19). The number of carbonyl (C=O) groups is 2. The first-order valence-electron chi connectivity index (χ1n) is 7.13. The molecule has 0 radical (unpaired) electrons. The second kappa shape index (κ2) is 6.78. The lowest BCUT2D eigenvalue weighted by Gasteiger charge is -2.20. The summed E-state index contributed by atoms with van der Waals surface area (Å²) in [4.78, 5) is 22.3. The summed E-state index contributed by atoms with van der Waals surface area (Å²) >= 11 is 0. The molecule has 5 nitrogen and oxygen atoms in total. The summed E-state index contributed by atoms with van der Waals surface area (Å²) in [6.07, 6.45) is 3.22. The van der Waals surface area contributed by atoms with Gasteiger partial charge < -0.3 is 15.7 Å². The molecule has 3 N–H and O–H groups in total. The second-order valence-electron chi connectivity index (χ2n) is 5.95. The molecule has 110 valence electrons. The average Bonchev–Trinajstić information content (AvgIpc) is 3.12. The number of hydrogen-bond acceptors (Lipinski definition) is 2. The smallest absolute Gasteiger partial charge is 0.314 e. The number of aliphatic carboxylic acids is 1. The van der Waals surface area contributed by atoms with Crippen molar-refractivity contribution in [2.45, 2.75) is 46.5 Å². The molecule has 0 aromatic carbocycles. The van der Waals surface area contributed by atoms with E-state index in [0.29, 0.717) is 24.4 Å². The molecule has 1 rings (SSSR count). The van der Waals surface area contributed by atoms with Gasteiger partial charge in [0.2, 0.25) is 0 Å². The van der Waals surface area contributed by atoms with Gasteiger partial charge in [-0.25, -0.2) is 4.79 Å². The zero-order valence-corrected chi connectivity index (χ0v) is 12.2. The molecule has 0 spiro atoms. The minimum absolute atomic E-state index is 0.00299. The molecule has 2 amide bonds. The zero-order valence-electron chi connectivity index (χ0n) is 12.2. The molecule has 1 atom stereocenters. The molecule has 5 heteroatoms. The van der Waals surface area contributed by atoms with Crippen LogP contribution in [0.25, 0.3) is 0 Å². The lowest BCUT2D eigenvalue weighted by molar-refractivity contribution is -0.138. The van der Waals surface area contributed by atoms with E-state index in [1.165, 1.54) is 12.8 Å². The average molecular weight is 270 g/mol. The molecular formula is C14H26N2O3. The van der Waals surface area contributed by atoms with Crippen LogP contribution in [0.4, 0.5) is 4.79 Å². The van der Waals surface area contributed by atoms with Crippen molar-refractivity contribution < 1.29 is 14.7 Å². The summed E-state index contributed by atoms with van der Waals surface area (Å²) in [6, 6.07) is -0.184. The molecule has 1 aliphatic rings. The van der Waals surface area contributed by atoms with Gasteiger partial charge in [0.05, 0.1) is 0 Å². The van der Waals surface area contributed by atoms with Crippen LogP contribution in [0.1, 0.15) is 46.5 Å². The van der Waals surface area contributed by atoms with E-state index in [2.05, 4.69) is 24.5 Å². The largest absolute Gasteiger partial charge is 0.481 e. The number of urea groups is 1. The van der Waals surface area contributed by atoms with Crippen molar-refractivity contribution in [3.63, 3.8) is 0 Å². The van der Waals surface area contributed by atoms with Crippen LogP contribution >= 0.6 is 0 Å². The van der Waals surface area contributed by atoms with Crippen LogP contribution in [0.15, 0.2) is 0 Å². The number of nitrogens with one attached hydrogen (secondary N) is 2. The molecule has 1 aliphatic carbocycles. The van der Waals surface area contributed by atoms with Gasteiger partial charge in [-0.15, -0.1) is 0 Å². The Labute approximate surface area is 115 Å². The first-order valence-corrected chi connectivity index (χ1v) is 7.13. The molecule has 0 aliphatic heterocycles. The van der Waals surface area contributed by atoms with Gasteiger partial charge in [-0.2, -0.15) is 0 Å². The topological polar surface area (TPSA) is 78.4 Å². The first-order chi connectivity index (χ1) is 8.89. The fraction of sp³-hybridized carbons (Fsp3) is 0.857. The van der Waals surface area contributed by atoms with Crippen LogP contribution in [-0.4, -0.2) is 30.2 Å². The van der Waals surface area contributed by atoms with Crippen LogP contribution in [0.2, 0.25) is 0 Å². The van der Waals surface area contributed by atoms with Gasteiger partial charge in [-0.3, -0.25) is 4.79 Å². The van der Waals surface area contributed by atoms with Gasteiger partial charge in [-0.1, -0.05) is 27.2 Å². The number of carboxylic acid groups (broad SMARTS) is 1. The highest BCUT2D eigenvalue weighted by molar-refractivity contribution is 5.74. The Bertz CT molecular complexity index is 325. The monoisotopic (exact) mass is 270 g/mol. The van der Waals surface area contributed by atoms with Gasteiger partial charge >= 0.3 is 12.0 Å². The first kappa shape index (κ1) is 15.8. The normalized spacial score (nSPS) is 17.9. The van der Waals surface area contributed by atoms with E-state index >= 15 is 0 Å². The quantitative estimate of drug-likeness (QED) is 0.633. The van der Waals surface area contributed by atoms with Crippen molar-refractivity contribution in [2.24, 2.45) is 17.3 Å². The lowest BCUT2D eigenvalue weighted by Crippen LogP contribution is -2.41. The highest BCUT2D eigenvalue weighted by Crippen LogP contribution is 2.51. The third-order valence-electron chi connectivity index (χ3n) is 4.31. The molecule has 0 saturated heterocycles. The Morgan fingerprint density at radius 2 is 1.89 bits per heavy atom. The summed E-state index contributed by atoms with van der Waals surface area (Å²) in [6.45, 7) is 7.44. The van der Waals surface area contributed by atoms with E-state index in [-0.39, 0.29) is 18.4 Å². The number of amides is 2. The fourth-order valence-electron chi connectivity index (χ4n) is 2.28. The Balaban J connectivity index is 2.22. The van der Waals surface area contributed by atoms with Crippen molar-refractivity contribution in [2.75, 3.05) is 13.1 Å². The minimum atomic E-state index is -0.814. The van der Waals surface area contributed by atoms with Gasteiger partial charge in [0.25, 0.3) is 0 Å². The van der Waals surface area contributed by atoms with Crippen molar-refractivity contribution >= 4 is 12.0 Å². The van der Waals surface area contributed by atoms with E-state index in [1.54, 1.807) is 0 Å². The SMILES string of the molecule is CCC(CNC(=O)NCC1(C(C)C)CC1)CC(=O)O. The van der Waals surface area contributed by atoms with E-state index in [9.17, 15) is 9.59 Å². The maximum absolute atomic E-state index is 11.7. The Hall–Kier alpha value is -1.26. The maximum atomic E-state index is 11.7. The highest BCUT2D eigenvalue weighted by atomic mass is 16.4. The maximum Gasteiger partial charge on any atom is 0.314 e. The van der Waals surface area contributed by atoms with Crippen LogP contribution in [0, 0.1) is 17.3 Å². The van der Waals surface area contributed by atoms with E-state index < -0.39 is 5.97 Å². The Kier molecular flexibility index (Phi) is 5.63. The Morgan fingerprint density at radius 3 is 2.32 bits per heavy atom. The molecule has 1 fully saturated rings. The summed E-state index contributed by atoms with van der Waals surface area (Å²) in [5.74, 6) is -0.225. The zero-order chi connectivity index (χ0) is 14.5. The summed E-state index contributed by atoms with van der Waals surface area (Å²) < 4.78 is 0. The Morgan fingerprint density at radius 1 is 1.26 bits per heavy atom. The van der Waals surface area contributed by atoms with Crippen LogP contribution < -0.4 is 10.6 Å². The second-order valence-corrected chi connectivity index (χ2v) is 5.95. The fourth-order valence-corrected chi connectivity index (χ4v) is 2.28. The third-order valence-corrected chi connectivity index (χ3v) is 4.31. The van der Waals surface area contributed by atoms with Crippen LogP contribution in [0.3, 0.4) is 0 Å². The van der Waals surface area contributed by atoms with Crippen LogP contribution in [0.5, 0.6) is 0 Å². The number of rotatable bonds is 8. The van der Waals surface area contributed by atoms with Crippen molar-refractivity contribution in [1.29, 1.82) is 0 Å². The van der Waals surface area contributed by atoms with E-state index in [1.807, 2.05) is 6.92 Å². The van der Waals surface area contributed by atoms with Gasteiger partial charge in [0.1, 0.15) is 0 Å². The van der Waals surface area contributed by atoms with E-state index in [4.69, 9.17) is 5.11 Å².